The highest BCUT2D eigenvalue weighted by Crippen LogP contribution is 2.41. The van der Waals surface area contributed by atoms with E-state index in [1.54, 1.807) is 0 Å². The maximum Gasteiger partial charge on any atom is 0.303 e. The van der Waals surface area contributed by atoms with Crippen LogP contribution in [0.15, 0.2) is 0 Å². The van der Waals surface area contributed by atoms with E-state index in [-0.39, 0.29) is 19.4 Å². The SMILES string of the molecule is CC(=O)OCCC[C@]1(O)C(OC(C)=O)C(OC(C)=O)[C@@H](OC(C)=O)C(OC(C)=O)C1OC(C)=O. The monoisotopic (exact) mass is 490 g/mol. The molecule has 0 saturated heterocycles. The lowest BCUT2D eigenvalue weighted by molar-refractivity contribution is -0.287. The molecule has 0 bridgehead atoms. The zero-order chi connectivity index (χ0) is 26.2. The van der Waals surface area contributed by atoms with Crippen LogP contribution in [0.3, 0.4) is 0 Å². The Hall–Kier alpha value is -3.22. The first-order valence-corrected chi connectivity index (χ1v) is 10.4. The minimum absolute atomic E-state index is 0.0244. The first kappa shape index (κ1) is 28.8. The third kappa shape index (κ3) is 7.97. The molecule has 0 aromatic heterocycles. The number of hydrogen-bond acceptors (Lipinski definition) is 13. The fourth-order valence-corrected chi connectivity index (χ4v) is 3.78. The number of esters is 6. The Morgan fingerprint density at radius 1 is 0.588 bits per heavy atom. The van der Waals surface area contributed by atoms with Gasteiger partial charge in [-0.15, -0.1) is 0 Å². The molecular formula is C21H30O13. The van der Waals surface area contributed by atoms with Gasteiger partial charge in [0.1, 0.15) is 5.60 Å². The smallest absolute Gasteiger partial charge is 0.303 e. The van der Waals surface area contributed by atoms with E-state index >= 15 is 0 Å². The van der Waals surface area contributed by atoms with Crippen molar-refractivity contribution < 1.29 is 62.3 Å². The maximum atomic E-state index is 11.9. The van der Waals surface area contributed by atoms with Crippen LogP contribution in [0.5, 0.6) is 0 Å². The Kier molecular flexibility index (Phi) is 10.4. The van der Waals surface area contributed by atoms with Gasteiger partial charge in [-0.1, -0.05) is 0 Å². The molecule has 13 nitrogen and oxygen atoms in total. The summed E-state index contributed by atoms with van der Waals surface area (Å²) in [4.78, 5) is 70.5. The number of ether oxygens (including phenoxy) is 6. The van der Waals surface area contributed by atoms with E-state index in [0.717, 1.165) is 34.6 Å². The van der Waals surface area contributed by atoms with E-state index in [9.17, 15) is 33.9 Å². The van der Waals surface area contributed by atoms with Crippen molar-refractivity contribution in [1.82, 2.24) is 0 Å². The minimum atomic E-state index is -2.33. The molecule has 1 saturated carbocycles. The second kappa shape index (κ2) is 12.3. The molecule has 4 unspecified atom stereocenters. The molecule has 4 atom stereocenters. The van der Waals surface area contributed by atoms with E-state index in [1.165, 1.54) is 6.92 Å². The zero-order valence-electron chi connectivity index (χ0n) is 19.9. The highest BCUT2D eigenvalue weighted by Gasteiger charge is 2.66. The lowest BCUT2D eigenvalue weighted by Gasteiger charge is -2.52. The van der Waals surface area contributed by atoms with E-state index in [0.29, 0.717) is 0 Å². The van der Waals surface area contributed by atoms with Gasteiger partial charge in [0.15, 0.2) is 30.5 Å². The number of rotatable bonds is 9. The second-order valence-electron chi connectivity index (χ2n) is 7.72. The van der Waals surface area contributed by atoms with Crippen molar-refractivity contribution in [3.05, 3.63) is 0 Å². The van der Waals surface area contributed by atoms with Gasteiger partial charge in [-0.05, 0) is 12.8 Å². The summed E-state index contributed by atoms with van der Waals surface area (Å²) in [6.45, 7) is 6.12. The van der Waals surface area contributed by atoms with Gasteiger partial charge in [-0.25, -0.2) is 0 Å². The molecule has 1 fully saturated rings. The molecule has 34 heavy (non-hydrogen) atoms. The van der Waals surface area contributed by atoms with Crippen LogP contribution in [0.25, 0.3) is 0 Å². The summed E-state index contributed by atoms with van der Waals surface area (Å²) in [7, 11) is 0. The van der Waals surface area contributed by atoms with Crippen molar-refractivity contribution in [2.45, 2.75) is 90.5 Å². The summed E-state index contributed by atoms with van der Waals surface area (Å²) in [5.74, 6) is -5.08. The van der Waals surface area contributed by atoms with Crippen LogP contribution in [-0.4, -0.2) is 83.7 Å². The first-order valence-electron chi connectivity index (χ1n) is 10.4. The van der Waals surface area contributed by atoms with Gasteiger partial charge in [-0.2, -0.15) is 0 Å². The van der Waals surface area contributed by atoms with E-state index < -0.39 is 71.9 Å². The van der Waals surface area contributed by atoms with Gasteiger partial charge >= 0.3 is 35.8 Å². The maximum absolute atomic E-state index is 11.9. The Bertz CT molecular complexity index is 760. The van der Waals surface area contributed by atoms with Gasteiger partial charge in [0.25, 0.3) is 0 Å². The number of carbonyl (C=O) groups excluding carboxylic acids is 6. The number of aliphatic hydroxyl groups is 1. The van der Waals surface area contributed by atoms with Crippen LogP contribution in [0.2, 0.25) is 0 Å². The van der Waals surface area contributed by atoms with Crippen LogP contribution < -0.4 is 0 Å². The van der Waals surface area contributed by atoms with Gasteiger partial charge in [0.2, 0.25) is 0 Å². The lowest BCUT2D eigenvalue weighted by atomic mass is 9.71. The third-order valence-electron chi connectivity index (χ3n) is 4.75. The number of hydrogen-bond donors (Lipinski definition) is 1. The highest BCUT2D eigenvalue weighted by atomic mass is 16.7. The summed E-state index contributed by atoms with van der Waals surface area (Å²) in [6, 6.07) is 0. The van der Waals surface area contributed by atoms with Crippen molar-refractivity contribution in [3.63, 3.8) is 0 Å². The number of carbonyl (C=O) groups is 6. The topological polar surface area (TPSA) is 178 Å². The largest absolute Gasteiger partial charge is 0.466 e. The fourth-order valence-electron chi connectivity index (χ4n) is 3.78. The normalized spacial score (nSPS) is 28.1. The Balaban J connectivity index is 3.70. The molecule has 192 valence electrons. The molecule has 0 spiro atoms. The molecule has 0 aromatic carbocycles. The molecule has 0 aliphatic heterocycles. The standard InChI is InChI=1S/C21H30O13/c1-10(22)29-9-7-8-21(28)19(33-14(5)26)17(31-12(3)24)16(30-11(2)23)18(32-13(4)25)20(21)34-15(6)27/h16-20,28H,7-9H2,1-6H3/t16-,17?,18?,19?,20?,21+. The van der Waals surface area contributed by atoms with Crippen LogP contribution in [0.1, 0.15) is 54.4 Å². The summed E-state index contributed by atoms with van der Waals surface area (Å²) in [5, 5.41) is 11.8. The average molecular weight is 490 g/mol. The quantitative estimate of drug-likeness (QED) is 0.254. The Labute approximate surface area is 195 Å². The molecule has 13 heteroatoms. The van der Waals surface area contributed by atoms with Crippen LogP contribution in [-0.2, 0) is 57.2 Å². The van der Waals surface area contributed by atoms with Gasteiger partial charge < -0.3 is 33.5 Å². The second-order valence-corrected chi connectivity index (χ2v) is 7.72. The zero-order valence-corrected chi connectivity index (χ0v) is 19.9. The summed E-state index contributed by atoms with van der Waals surface area (Å²) >= 11 is 0. The van der Waals surface area contributed by atoms with E-state index in [4.69, 9.17) is 28.4 Å². The van der Waals surface area contributed by atoms with Crippen molar-refractivity contribution in [1.29, 1.82) is 0 Å². The lowest BCUT2D eigenvalue weighted by Crippen LogP contribution is -2.74. The molecule has 0 heterocycles. The summed E-state index contributed by atoms with van der Waals surface area (Å²) in [5.41, 5.74) is -2.33. The van der Waals surface area contributed by atoms with E-state index in [2.05, 4.69) is 0 Å². The van der Waals surface area contributed by atoms with Gasteiger partial charge in [0, 0.05) is 41.5 Å². The predicted octanol–water partition coefficient (Wildman–Crippen LogP) is -0.267. The van der Waals surface area contributed by atoms with Crippen LogP contribution in [0, 0.1) is 0 Å². The van der Waals surface area contributed by atoms with Crippen LogP contribution >= 0.6 is 0 Å². The molecule has 1 N–H and O–H groups in total. The van der Waals surface area contributed by atoms with Crippen molar-refractivity contribution in [3.8, 4) is 0 Å². The van der Waals surface area contributed by atoms with Crippen molar-refractivity contribution in [2.75, 3.05) is 6.61 Å². The minimum Gasteiger partial charge on any atom is -0.466 e. The molecule has 1 aliphatic carbocycles. The third-order valence-corrected chi connectivity index (χ3v) is 4.75. The van der Waals surface area contributed by atoms with E-state index in [1.807, 2.05) is 0 Å². The molecule has 0 amide bonds. The molecular weight excluding hydrogens is 460 g/mol. The van der Waals surface area contributed by atoms with Gasteiger partial charge in [0.05, 0.1) is 6.61 Å². The molecule has 0 radical (unpaired) electrons. The van der Waals surface area contributed by atoms with Gasteiger partial charge in [-0.3, -0.25) is 28.8 Å². The van der Waals surface area contributed by atoms with Crippen molar-refractivity contribution in [2.24, 2.45) is 0 Å². The highest BCUT2D eigenvalue weighted by molar-refractivity contribution is 5.70. The molecule has 1 aliphatic rings. The first-order chi connectivity index (χ1) is 15.7. The predicted molar refractivity (Wildman–Crippen MR) is 109 cm³/mol. The Morgan fingerprint density at radius 3 is 1.26 bits per heavy atom. The Morgan fingerprint density at radius 2 is 0.941 bits per heavy atom. The molecule has 1 rings (SSSR count). The average Bonchev–Trinajstić information content (AvgIpc) is 2.66. The van der Waals surface area contributed by atoms with Crippen molar-refractivity contribution >= 4 is 35.8 Å². The summed E-state index contributed by atoms with van der Waals surface area (Å²) < 4.78 is 31.2. The molecule has 0 aromatic rings. The summed E-state index contributed by atoms with van der Waals surface area (Å²) in [6.07, 6.45) is -8.74. The fraction of sp³-hybridized carbons (Fsp3) is 0.714. The van der Waals surface area contributed by atoms with Crippen LogP contribution in [0.4, 0.5) is 0 Å².